The number of fused-ring (bicyclic) bond motifs is 3. The van der Waals surface area contributed by atoms with Crippen molar-refractivity contribution in [2.24, 2.45) is 23.7 Å². The summed E-state index contributed by atoms with van der Waals surface area (Å²) in [5.41, 5.74) is 0. The van der Waals surface area contributed by atoms with Crippen LogP contribution in [0.5, 0.6) is 0 Å². The lowest BCUT2D eigenvalue weighted by Crippen LogP contribution is -2.22. The number of carbonyl (C=O) groups is 1. The molecule has 3 aliphatic rings. The first-order valence-corrected chi connectivity index (χ1v) is 4.92. The highest BCUT2D eigenvalue weighted by atomic mass is 16.1. The zero-order valence-electron chi connectivity index (χ0n) is 7.79. The van der Waals surface area contributed by atoms with Crippen molar-refractivity contribution in [3.63, 3.8) is 0 Å². The van der Waals surface area contributed by atoms with Gasteiger partial charge in [-0.1, -0.05) is 26.0 Å². The molecule has 1 heteroatoms. The Morgan fingerprint density at radius 1 is 1.08 bits per heavy atom. The van der Waals surface area contributed by atoms with E-state index < -0.39 is 0 Å². The Bertz CT molecular complexity index is 207. The zero-order chi connectivity index (χ0) is 8.72. The number of rotatable bonds is 0. The molecule has 12 heavy (non-hydrogen) atoms. The molecule has 3 rings (SSSR count). The van der Waals surface area contributed by atoms with Crippen LogP contribution >= 0.6 is 0 Å². The van der Waals surface area contributed by atoms with Crippen molar-refractivity contribution in [3.8, 4) is 0 Å². The Labute approximate surface area is 73.8 Å². The van der Waals surface area contributed by atoms with E-state index in [4.69, 9.17) is 0 Å². The van der Waals surface area contributed by atoms with E-state index >= 15 is 0 Å². The lowest BCUT2D eigenvalue weighted by molar-refractivity contribution is -0.126. The molecule has 0 radical (unpaired) electrons. The number of ketones is 1. The lowest BCUT2D eigenvalue weighted by Gasteiger charge is -2.18. The molecule has 3 aliphatic carbocycles. The third-order valence-corrected chi connectivity index (χ3v) is 3.62. The van der Waals surface area contributed by atoms with Gasteiger partial charge in [0.15, 0.2) is 0 Å². The highest BCUT2D eigenvalue weighted by Gasteiger charge is 2.36. The molecule has 66 valence electrons. The van der Waals surface area contributed by atoms with Gasteiger partial charge in [-0.05, 0) is 24.7 Å². The SMILES string of the molecule is C[C@@H]1C(=O)[C@H](C)[C@@H]2C=C[C@H]1CC2. The molecule has 0 heterocycles. The summed E-state index contributed by atoms with van der Waals surface area (Å²) in [6.07, 6.45) is 6.97. The van der Waals surface area contributed by atoms with Crippen molar-refractivity contribution < 1.29 is 4.79 Å². The van der Waals surface area contributed by atoms with E-state index in [1.165, 1.54) is 12.8 Å². The minimum absolute atomic E-state index is 0.267. The molecule has 0 N–H and O–H groups in total. The third-order valence-electron chi connectivity index (χ3n) is 3.62. The minimum atomic E-state index is 0.267. The summed E-state index contributed by atoms with van der Waals surface area (Å²) in [7, 11) is 0. The van der Waals surface area contributed by atoms with E-state index in [0.29, 0.717) is 17.6 Å². The normalized spacial score (nSPS) is 46.3. The summed E-state index contributed by atoms with van der Waals surface area (Å²) in [6, 6.07) is 0. The highest BCUT2D eigenvalue weighted by molar-refractivity contribution is 5.84. The molecule has 0 aliphatic heterocycles. The fourth-order valence-corrected chi connectivity index (χ4v) is 2.53. The van der Waals surface area contributed by atoms with E-state index in [2.05, 4.69) is 26.0 Å². The second kappa shape index (κ2) is 2.72. The molecule has 0 unspecified atom stereocenters. The molecule has 1 nitrogen and oxygen atoms in total. The molecule has 0 spiro atoms. The van der Waals surface area contributed by atoms with Gasteiger partial charge < -0.3 is 0 Å². The Balaban J connectivity index is 2.33. The van der Waals surface area contributed by atoms with Crippen molar-refractivity contribution in [1.29, 1.82) is 0 Å². The van der Waals surface area contributed by atoms with Gasteiger partial charge in [0.05, 0.1) is 0 Å². The summed E-state index contributed by atoms with van der Waals surface area (Å²) in [5, 5.41) is 0. The number of allylic oxidation sites excluding steroid dienone is 2. The third kappa shape index (κ3) is 1.03. The average molecular weight is 164 g/mol. The van der Waals surface area contributed by atoms with Gasteiger partial charge in [-0.3, -0.25) is 4.79 Å². The van der Waals surface area contributed by atoms with Gasteiger partial charge in [-0.25, -0.2) is 0 Å². The summed E-state index contributed by atoms with van der Waals surface area (Å²) in [6.45, 7) is 4.17. The Hall–Kier alpha value is -0.590. The molecular weight excluding hydrogens is 148 g/mol. The van der Waals surface area contributed by atoms with Gasteiger partial charge >= 0.3 is 0 Å². The standard InChI is InChI=1S/C11H16O/c1-7-9-3-5-10(6-4-9)8(2)11(7)12/h3,5,7-10H,4,6H2,1-2H3/t7-,8+,9-,10+. The average Bonchev–Trinajstić information content (AvgIpc) is 2.27. The van der Waals surface area contributed by atoms with Crippen LogP contribution < -0.4 is 0 Å². The molecule has 2 bridgehead atoms. The molecule has 0 amide bonds. The lowest BCUT2D eigenvalue weighted by atomic mass is 9.86. The van der Waals surface area contributed by atoms with Gasteiger partial charge in [0.1, 0.15) is 5.78 Å². The predicted octanol–water partition coefficient (Wildman–Crippen LogP) is 2.42. The summed E-state index contributed by atoms with van der Waals surface area (Å²) >= 11 is 0. The number of carbonyl (C=O) groups excluding carboxylic acids is 1. The molecule has 0 aromatic carbocycles. The smallest absolute Gasteiger partial charge is 0.139 e. The number of hydrogen-bond acceptors (Lipinski definition) is 1. The minimum Gasteiger partial charge on any atom is -0.299 e. The van der Waals surface area contributed by atoms with Crippen LogP contribution in [0, 0.1) is 23.7 Å². The first-order chi connectivity index (χ1) is 5.70. The molecule has 0 saturated heterocycles. The molecule has 1 saturated carbocycles. The summed E-state index contributed by atoms with van der Waals surface area (Å²) in [4.78, 5) is 11.8. The molecule has 0 aromatic rings. The van der Waals surface area contributed by atoms with Gasteiger partial charge in [-0.2, -0.15) is 0 Å². The van der Waals surface area contributed by atoms with Gasteiger partial charge in [-0.15, -0.1) is 0 Å². The van der Waals surface area contributed by atoms with E-state index in [0.717, 1.165) is 0 Å². The van der Waals surface area contributed by atoms with Crippen LogP contribution in [0.1, 0.15) is 26.7 Å². The van der Waals surface area contributed by atoms with Crippen LogP contribution in [0.3, 0.4) is 0 Å². The maximum absolute atomic E-state index is 11.8. The Morgan fingerprint density at radius 3 is 1.83 bits per heavy atom. The highest BCUT2D eigenvalue weighted by Crippen LogP contribution is 2.38. The predicted molar refractivity (Wildman–Crippen MR) is 48.7 cm³/mol. The van der Waals surface area contributed by atoms with Crippen molar-refractivity contribution in [3.05, 3.63) is 12.2 Å². The van der Waals surface area contributed by atoms with Crippen molar-refractivity contribution in [2.45, 2.75) is 26.7 Å². The zero-order valence-corrected chi connectivity index (χ0v) is 7.79. The second-order valence-electron chi connectivity index (χ2n) is 4.27. The Morgan fingerprint density at radius 2 is 1.50 bits per heavy atom. The van der Waals surface area contributed by atoms with E-state index in [-0.39, 0.29) is 11.8 Å². The van der Waals surface area contributed by atoms with Gasteiger partial charge in [0.25, 0.3) is 0 Å². The quantitative estimate of drug-likeness (QED) is 0.502. The first kappa shape index (κ1) is 8.03. The molecule has 0 aromatic heterocycles. The van der Waals surface area contributed by atoms with Gasteiger partial charge in [0.2, 0.25) is 0 Å². The van der Waals surface area contributed by atoms with E-state index in [1.54, 1.807) is 0 Å². The molecular formula is C11H16O. The van der Waals surface area contributed by atoms with Crippen LogP contribution in [0.4, 0.5) is 0 Å². The van der Waals surface area contributed by atoms with Crippen molar-refractivity contribution in [1.82, 2.24) is 0 Å². The maximum Gasteiger partial charge on any atom is 0.139 e. The summed E-state index contributed by atoms with van der Waals surface area (Å²) < 4.78 is 0. The fraction of sp³-hybridized carbons (Fsp3) is 0.727. The topological polar surface area (TPSA) is 17.1 Å². The van der Waals surface area contributed by atoms with Crippen LogP contribution in [0.2, 0.25) is 0 Å². The fourth-order valence-electron chi connectivity index (χ4n) is 2.53. The van der Waals surface area contributed by atoms with Crippen LogP contribution in [-0.2, 0) is 4.79 Å². The monoisotopic (exact) mass is 164 g/mol. The van der Waals surface area contributed by atoms with E-state index in [1.807, 2.05) is 0 Å². The van der Waals surface area contributed by atoms with Crippen LogP contribution in [0.15, 0.2) is 12.2 Å². The van der Waals surface area contributed by atoms with Crippen LogP contribution in [0.25, 0.3) is 0 Å². The maximum atomic E-state index is 11.8. The molecule has 4 atom stereocenters. The van der Waals surface area contributed by atoms with Gasteiger partial charge in [0, 0.05) is 11.8 Å². The Kier molecular flexibility index (Phi) is 1.82. The van der Waals surface area contributed by atoms with Crippen molar-refractivity contribution in [2.75, 3.05) is 0 Å². The van der Waals surface area contributed by atoms with Crippen molar-refractivity contribution >= 4 is 5.78 Å². The number of Topliss-reactive ketones (excluding diaryl/α,β-unsaturated/α-hetero) is 1. The largest absolute Gasteiger partial charge is 0.299 e. The first-order valence-electron chi connectivity index (χ1n) is 4.92. The number of hydrogen-bond donors (Lipinski definition) is 0. The van der Waals surface area contributed by atoms with Crippen LogP contribution in [-0.4, -0.2) is 5.78 Å². The second-order valence-corrected chi connectivity index (χ2v) is 4.27. The summed E-state index contributed by atoms with van der Waals surface area (Å²) in [5.74, 6) is 2.09. The molecule has 1 fully saturated rings. The van der Waals surface area contributed by atoms with E-state index in [9.17, 15) is 4.79 Å².